The van der Waals surface area contributed by atoms with Crippen LogP contribution in [0.3, 0.4) is 0 Å². The Labute approximate surface area is 157 Å². The van der Waals surface area contributed by atoms with Gasteiger partial charge in [-0.05, 0) is 41.1 Å². The average Bonchev–Trinajstić information content (AvgIpc) is 2.70. The van der Waals surface area contributed by atoms with Crippen LogP contribution in [-0.2, 0) is 10.4 Å². The molecule has 0 saturated carbocycles. The molecule has 0 amide bonds. The SMILES string of the molecule is C=CCOC(=O)c1ccc2ccc(C(F)(F)POc3ccccc3)cc2c1. The molecule has 0 aromatic heterocycles. The first-order chi connectivity index (χ1) is 13.0. The van der Waals surface area contributed by atoms with Crippen LogP contribution in [0, 0.1) is 0 Å². The van der Waals surface area contributed by atoms with Crippen LogP contribution in [0.25, 0.3) is 10.8 Å². The van der Waals surface area contributed by atoms with E-state index in [9.17, 15) is 13.6 Å². The molecule has 0 radical (unpaired) electrons. The van der Waals surface area contributed by atoms with E-state index in [0.717, 1.165) is 5.39 Å². The van der Waals surface area contributed by atoms with Crippen LogP contribution in [0.1, 0.15) is 15.9 Å². The highest BCUT2D eigenvalue weighted by Gasteiger charge is 2.33. The van der Waals surface area contributed by atoms with E-state index in [-0.39, 0.29) is 12.2 Å². The first-order valence-electron chi connectivity index (χ1n) is 8.19. The zero-order valence-electron chi connectivity index (χ0n) is 14.3. The quantitative estimate of drug-likeness (QED) is 0.288. The molecule has 0 saturated heterocycles. The Kier molecular flexibility index (Phi) is 5.82. The van der Waals surface area contributed by atoms with Gasteiger partial charge in [-0.2, -0.15) is 8.78 Å². The molecule has 27 heavy (non-hydrogen) atoms. The summed E-state index contributed by atoms with van der Waals surface area (Å²) in [6.45, 7) is 3.57. The lowest BCUT2D eigenvalue weighted by Gasteiger charge is -2.17. The van der Waals surface area contributed by atoms with Gasteiger partial charge in [0.05, 0.1) is 5.56 Å². The number of fused-ring (bicyclic) bond motifs is 1. The maximum absolute atomic E-state index is 14.6. The molecule has 0 aliphatic carbocycles. The second-order valence-electron chi connectivity index (χ2n) is 5.76. The monoisotopic (exact) mass is 386 g/mol. The fourth-order valence-corrected chi connectivity index (χ4v) is 3.11. The Balaban J connectivity index is 1.83. The molecule has 3 nitrogen and oxygen atoms in total. The van der Waals surface area contributed by atoms with Crippen molar-refractivity contribution in [1.82, 2.24) is 0 Å². The maximum Gasteiger partial charge on any atom is 0.338 e. The first kappa shape index (κ1) is 19.0. The van der Waals surface area contributed by atoms with Gasteiger partial charge in [0.2, 0.25) is 0 Å². The van der Waals surface area contributed by atoms with Crippen LogP contribution in [0.4, 0.5) is 8.78 Å². The van der Waals surface area contributed by atoms with Crippen molar-refractivity contribution in [2.24, 2.45) is 0 Å². The molecule has 3 aromatic rings. The zero-order chi connectivity index (χ0) is 19.3. The largest absolute Gasteiger partial charge is 0.471 e. The smallest absolute Gasteiger partial charge is 0.338 e. The van der Waals surface area contributed by atoms with Gasteiger partial charge in [-0.1, -0.05) is 49.1 Å². The molecule has 0 spiro atoms. The summed E-state index contributed by atoms with van der Waals surface area (Å²) < 4.78 is 39.4. The van der Waals surface area contributed by atoms with Gasteiger partial charge in [-0.25, -0.2) is 4.79 Å². The number of esters is 1. The summed E-state index contributed by atoms with van der Waals surface area (Å²) in [6.07, 6.45) is 1.46. The standard InChI is InChI=1S/C21H17F2O3P/c1-2-12-25-20(24)16-9-8-15-10-11-18(14-17(15)13-16)21(22,23)27-26-19-6-4-3-5-7-19/h2-11,13-14,27H,1,12H2. The Morgan fingerprint density at radius 3 is 2.52 bits per heavy atom. The van der Waals surface area contributed by atoms with Gasteiger partial charge in [0.1, 0.15) is 12.4 Å². The Morgan fingerprint density at radius 1 is 1.04 bits per heavy atom. The summed E-state index contributed by atoms with van der Waals surface area (Å²) in [7, 11) is -1.06. The summed E-state index contributed by atoms with van der Waals surface area (Å²) in [5.41, 5.74) is -3.02. The number of hydrogen-bond donors (Lipinski definition) is 0. The van der Waals surface area contributed by atoms with Crippen molar-refractivity contribution >= 4 is 25.5 Å². The van der Waals surface area contributed by atoms with Crippen LogP contribution >= 0.6 is 8.81 Å². The van der Waals surface area contributed by atoms with E-state index >= 15 is 0 Å². The van der Waals surface area contributed by atoms with Crippen molar-refractivity contribution in [3.63, 3.8) is 0 Å². The van der Waals surface area contributed by atoms with Gasteiger partial charge in [-0.3, -0.25) is 0 Å². The fourth-order valence-electron chi connectivity index (χ4n) is 2.46. The molecule has 3 aromatic carbocycles. The normalized spacial score (nSPS) is 11.6. The Morgan fingerprint density at radius 2 is 1.78 bits per heavy atom. The summed E-state index contributed by atoms with van der Waals surface area (Å²) in [4.78, 5) is 12.0. The maximum atomic E-state index is 14.6. The van der Waals surface area contributed by atoms with Gasteiger partial charge in [-0.15, -0.1) is 0 Å². The van der Waals surface area contributed by atoms with E-state index in [1.54, 1.807) is 54.6 Å². The minimum absolute atomic E-state index is 0.0902. The third-order valence-corrected chi connectivity index (χ3v) is 4.69. The van der Waals surface area contributed by atoms with Crippen molar-refractivity contribution in [2.45, 2.75) is 5.66 Å². The van der Waals surface area contributed by atoms with Crippen LogP contribution in [-0.4, -0.2) is 12.6 Å². The number of rotatable bonds is 7. The number of ether oxygens (including phenoxy) is 1. The molecule has 0 N–H and O–H groups in total. The lowest BCUT2D eigenvalue weighted by atomic mass is 10.0. The van der Waals surface area contributed by atoms with Crippen LogP contribution in [0.5, 0.6) is 5.75 Å². The first-order valence-corrected chi connectivity index (χ1v) is 9.09. The molecule has 0 heterocycles. The molecular formula is C21H17F2O3P. The topological polar surface area (TPSA) is 35.5 Å². The highest BCUT2D eigenvalue weighted by molar-refractivity contribution is 7.33. The van der Waals surface area contributed by atoms with E-state index in [2.05, 4.69) is 6.58 Å². The van der Waals surface area contributed by atoms with E-state index in [4.69, 9.17) is 9.26 Å². The molecule has 0 fully saturated rings. The molecule has 6 heteroatoms. The predicted molar refractivity (Wildman–Crippen MR) is 104 cm³/mol. The summed E-state index contributed by atoms with van der Waals surface area (Å²) >= 11 is 0. The van der Waals surface area contributed by atoms with Gasteiger partial charge in [0.15, 0.2) is 8.81 Å². The Hall–Kier alpha value is -2.78. The van der Waals surface area contributed by atoms with E-state index in [1.807, 2.05) is 0 Å². The lowest BCUT2D eigenvalue weighted by molar-refractivity contribution is 0.0550. The number of carbonyl (C=O) groups is 1. The number of para-hydroxylation sites is 1. The van der Waals surface area contributed by atoms with Crippen LogP contribution in [0.2, 0.25) is 0 Å². The van der Waals surface area contributed by atoms with E-state index < -0.39 is 20.4 Å². The van der Waals surface area contributed by atoms with Gasteiger partial charge in [0.25, 0.3) is 0 Å². The number of carbonyl (C=O) groups excluding carboxylic acids is 1. The van der Waals surface area contributed by atoms with Crippen molar-refractivity contribution < 1.29 is 22.8 Å². The average molecular weight is 386 g/mol. The molecule has 0 bridgehead atoms. The molecule has 1 unspecified atom stereocenters. The third-order valence-electron chi connectivity index (χ3n) is 3.81. The summed E-state index contributed by atoms with van der Waals surface area (Å²) in [6, 6.07) is 17.7. The minimum Gasteiger partial charge on any atom is -0.471 e. The predicted octanol–water partition coefficient (Wildman–Crippen LogP) is 5.90. The number of benzene rings is 3. The number of hydrogen-bond acceptors (Lipinski definition) is 3. The molecule has 1 atom stereocenters. The number of alkyl halides is 2. The summed E-state index contributed by atoms with van der Waals surface area (Å²) in [5.74, 6) is -0.133. The molecule has 3 rings (SSSR count). The van der Waals surface area contributed by atoms with E-state index in [1.165, 1.54) is 18.2 Å². The molecule has 138 valence electrons. The fraction of sp³-hybridized carbons (Fsp3) is 0.0952. The van der Waals surface area contributed by atoms with Crippen molar-refractivity contribution in [3.05, 3.63) is 90.5 Å². The second kappa shape index (κ2) is 8.28. The molecular weight excluding hydrogens is 369 g/mol. The van der Waals surface area contributed by atoms with E-state index in [0.29, 0.717) is 16.7 Å². The summed E-state index contributed by atoms with van der Waals surface area (Å²) in [5, 5.41) is 1.28. The minimum atomic E-state index is -3.15. The molecule has 0 aliphatic rings. The van der Waals surface area contributed by atoms with Crippen LogP contribution < -0.4 is 4.52 Å². The lowest BCUT2D eigenvalue weighted by Crippen LogP contribution is -2.08. The molecule has 0 aliphatic heterocycles. The third kappa shape index (κ3) is 4.69. The van der Waals surface area contributed by atoms with Gasteiger partial charge >= 0.3 is 11.6 Å². The second-order valence-corrected chi connectivity index (χ2v) is 6.79. The van der Waals surface area contributed by atoms with Crippen molar-refractivity contribution in [3.8, 4) is 5.75 Å². The highest BCUT2D eigenvalue weighted by Crippen LogP contribution is 2.46. The van der Waals surface area contributed by atoms with Gasteiger partial charge < -0.3 is 9.26 Å². The van der Waals surface area contributed by atoms with Crippen LogP contribution in [0.15, 0.2) is 79.4 Å². The van der Waals surface area contributed by atoms with Crippen molar-refractivity contribution in [2.75, 3.05) is 6.61 Å². The van der Waals surface area contributed by atoms with Crippen molar-refractivity contribution in [1.29, 1.82) is 0 Å². The number of halogens is 2. The Bertz CT molecular complexity index is 958. The zero-order valence-corrected chi connectivity index (χ0v) is 15.3. The van der Waals surface area contributed by atoms with Gasteiger partial charge in [0, 0.05) is 5.56 Å². The highest BCUT2D eigenvalue weighted by atomic mass is 31.1.